The lowest BCUT2D eigenvalue weighted by molar-refractivity contribution is -0.301. The Labute approximate surface area is 519 Å². The molecule has 0 saturated carbocycles. The van der Waals surface area contributed by atoms with Crippen LogP contribution in [-0.2, 0) is 42.9 Å². The average molecular weight is 1200 g/mol. The molecule has 0 spiro atoms. The summed E-state index contributed by atoms with van der Waals surface area (Å²) in [6.07, 6.45) is 64.5. The third kappa shape index (κ3) is 50.0. The lowest BCUT2D eigenvalue weighted by atomic mass is 9.98. The zero-order valence-corrected chi connectivity index (χ0v) is 54.6. The Morgan fingerprint density at radius 2 is 0.706 bits per heavy atom. The highest BCUT2D eigenvalue weighted by molar-refractivity contribution is 5.74. The molecule has 1 aliphatic rings. The van der Waals surface area contributed by atoms with Crippen molar-refractivity contribution in [3.05, 3.63) is 60.8 Å². The van der Waals surface area contributed by atoms with E-state index in [-0.39, 0.29) is 25.9 Å². The van der Waals surface area contributed by atoms with E-state index >= 15 is 0 Å². The van der Waals surface area contributed by atoms with Crippen LogP contribution in [0.4, 0.5) is 0 Å². The number of rotatable bonds is 61. The number of aliphatic carboxylic acids is 1. The molecule has 6 unspecified atom stereocenters. The zero-order valence-electron chi connectivity index (χ0n) is 54.6. The van der Waals surface area contributed by atoms with Crippen LogP contribution in [0.1, 0.15) is 329 Å². The second-order valence-electron chi connectivity index (χ2n) is 24.2. The van der Waals surface area contributed by atoms with Crippen molar-refractivity contribution in [3.63, 3.8) is 0 Å². The fourth-order valence-electron chi connectivity index (χ4n) is 10.6. The smallest absolute Gasteiger partial charge is 0.335 e. The van der Waals surface area contributed by atoms with Gasteiger partial charge in [-0.1, -0.05) is 281 Å². The van der Waals surface area contributed by atoms with Gasteiger partial charge in [-0.2, -0.15) is 0 Å². The third-order valence-corrected chi connectivity index (χ3v) is 16.1. The maximum absolute atomic E-state index is 13.3. The molecule has 3 N–H and O–H groups in total. The first kappa shape index (κ1) is 79.4. The van der Waals surface area contributed by atoms with E-state index in [0.29, 0.717) is 19.3 Å². The van der Waals surface area contributed by atoms with Crippen LogP contribution in [0.3, 0.4) is 0 Å². The van der Waals surface area contributed by atoms with Crippen LogP contribution in [0.25, 0.3) is 0 Å². The molecule has 0 bridgehead atoms. The minimum Gasteiger partial charge on any atom is -0.479 e. The number of carboxylic acids is 1. The molecule has 1 saturated heterocycles. The highest BCUT2D eigenvalue weighted by Gasteiger charge is 2.50. The highest BCUT2D eigenvalue weighted by Crippen LogP contribution is 2.27. The molecule has 492 valence electrons. The number of allylic oxidation sites excluding steroid dienone is 10. The van der Waals surface area contributed by atoms with Crippen LogP contribution in [-0.4, -0.2) is 89.2 Å². The Morgan fingerprint density at radius 1 is 0.388 bits per heavy atom. The molecule has 12 heteroatoms. The topological polar surface area (TPSA) is 175 Å². The first-order chi connectivity index (χ1) is 41.6. The van der Waals surface area contributed by atoms with Crippen LogP contribution in [0, 0.1) is 0 Å². The van der Waals surface area contributed by atoms with Crippen molar-refractivity contribution in [1.82, 2.24) is 0 Å². The molecule has 0 aliphatic carbocycles. The number of ether oxygens (including phenoxy) is 5. The van der Waals surface area contributed by atoms with Gasteiger partial charge in [0, 0.05) is 19.3 Å². The molecule has 0 amide bonds. The first-order valence-corrected chi connectivity index (χ1v) is 35.3. The fourth-order valence-corrected chi connectivity index (χ4v) is 10.6. The van der Waals surface area contributed by atoms with Gasteiger partial charge in [0.2, 0.25) is 0 Å². The molecule has 0 aromatic rings. The van der Waals surface area contributed by atoms with Crippen LogP contribution in [0.5, 0.6) is 0 Å². The van der Waals surface area contributed by atoms with Crippen molar-refractivity contribution in [2.75, 3.05) is 13.2 Å². The van der Waals surface area contributed by atoms with Crippen molar-refractivity contribution in [3.8, 4) is 0 Å². The summed E-state index contributed by atoms with van der Waals surface area (Å²) in [5.41, 5.74) is 0. The van der Waals surface area contributed by atoms with Gasteiger partial charge in [0.25, 0.3) is 0 Å². The quantitative estimate of drug-likeness (QED) is 0.0228. The Kier molecular flexibility index (Phi) is 56.7. The number of carboxylic acid groups (broad SMARTS) is 1. The molecule has 0 aromatic heterocycles. The molecule has 1 heterocycles. The minimum atomic E-state index is -1.91. The predicted octanol–water partition coefficient (Wildman–Crippen LogP) is 19.5. The van der Waals surface area contributed by atoms with E-state index in [1.54, 1.807) is 0 Å². The number of hydrogen-bond donors (Lipinski definition) is 3. The summed E-state index contributed by atoms with van der Waals surface area (Å²) in [7, 11) is 0. The lowest BCUT2D eigenvalue weighted by Gasteiger charge is -2.40. The van der Waals surface area contributed by atoms with E-state index in [9.17, 15) is 34.5 Å². The molecule has 0 radical (unpaired) electrons. The standard InChI is InChI=1S/C73H128O12/c1-4-7-10-13-16-19-22-25-28-31-33-36-38-41-44-47-50-53-56-59-65(74)81-62-64(83-66(75)60-57-54-51-48-45-42-40-37-34-32-29-26-23-20-17-14-11-8-5-2)63-82-73-71(69(78)68(77)70(85-73)72(79)80)84-67(76)61-58-55-52-49-46-43-39-35-30-27-24-21-18-15-12-9-6-3/h16,18-19,21,25,27-28,30,33,36,64,68-71,73,77-78H,4-15,17,20,22-24,26,29,31-32,34-35,37-63H2,1-3H3,(H,79,80)/b19-16-,21-18-,28-25-,30-27-,36-33-. The Hall–Kier alpha value is -3.58. The van der Waals surface area contributed by atoms with Crippen molar-refractivity contribution in [2.24, 2.45) is 0 Å². The largest absolute Gasteiger partial charge is 0.479 e. The summed E-state index contributed by atoms with van der Waals surface area (Å²) in [5, 5.41) is 31.7. The van der Waals surface area contributed by atoms with Crippen LogP contribution in [0.2, 0.25) is 0 Å². The van der Waals surface area contributed by atoms with Gasteiger partial charge in [-0.05, 0) is 89.9 Å². The second kappa shape index (κ2) is 60.7. The summed E-state index contributed by atoms with van der Waals surface area (Å²) in [4.78, 5) is 51.5. The third-order valence-electron chi connectivity index (χ3n) is 16.1. The zero-order chi connectivity index (χ0) is 61.7. The molecular formula is C73H128O12. The summed E-state index contributed by atoms with van der Waals surface area (Å²) < 4.78 is 28.6. The SMILES string of the molecule is CCCCC/C=C\C/C=C\C/C=C\CCCCCCCCC(=O)OCC(COC1OC(C(=O)O)C(O)C(O)C1OC(=O)CCCCCCCCC/C=C\C/C=C\CCCCC)OC(=O)CCCCCCCCCCCCCCCCCCCCC. The molecule has 0 aromatic carbocycles. The second-order valence-corrected chi connectivity index (χ2v) is 24.2. The normalized spacial score (nSPS) is 17.8. The summed E-state index contributed by atoms with van der Waals surface area (Å²) in [5.74, 6) is -3.12. The van der Waals surface area contributed by atoms with Crippen molar-refractivity contribution < 1.29 is 58.2 Å². The molecule has 1 aliphatic heterocycles. The van der Waals surface area contributed by atoms with E-state index in [1.165, 1.54) is 141 Å². The number of unbranched alkanes of at least 4 members (excludes halogenated alkanes) is 37. The minimum absolute atomic E-state index is 0.0513. The van der Waals surface area contributed by atoms with Gasteiger partial charge < -0.3 is 39.0 Å². The van der Waals surface area contributed by atoms with Gasteiger partial charge in [-0.25, -0.2) is 4.79 Å². The average Bonchev–Trinajstić information content (AvgIpc) is 3.46. The number of hydrogen-bond acceptors (Lipinski definition) is 11. The number of aliphatic hydroxyl groups excluding tert-OH is 2. The lowest BCUT2D eigenvalue weighted by Crippen LogP contribution is -2.61. The first-order valence-electron chi connectivity index (χ1n) is 35.3. The van der Waals surface area contributed by atoms with E-state index in [0.717, 1.165) is 128 Å². The van der Waals surface area contributed by atoms with Crippen LogP contribution < -0.4 is 0 Å². The van der Waals surface area contributed by atoms with E-state index in [1.807, 2.05) is 0 Å². The van der Waals surface area contributed by atoms with Gasteiger partial charge in [0.15, 0.2) is 24.6 Å². The maximum atomic E-state index is 13.3. The van der Waals surface area contributed by atoms with Crippen molar-refractivity contribution >= 4 is 23.9 Å². The van der Waals surface area contributed by atoms with E-state index in [2.05, 4.69) is 81.5 Å². The summed E-state index contributed by atoms with van der Waals surface area (Å²) in [6.45, 7) is 5.99. The summed E-state index contributed by atoms with van der Waals surface area (Å²) in [6, 6.07) is 0. The Bertz CT molecular complexity index is 1710. The predicted molar refractivity (Wildman–Crippen MR) is 349 cm³/mol. The monoisotopic (exact) mass is 1200 g/mol. The molecule has 6 atom stereocenters. The van der Waals surface area contributed by atoms with Gasteiger partial charge >= 0.3 is 23.9 Å². The highest BCUT2D eigenvalue weighted by atomic mass is 16.7. The fraction of sp³-hybridized carbons (Fsp3) is 0.808. The molecule has 85 heavy (non-hydrogen) atoms. The molecular weight excluding hydrogens is 1070 g/mol. The van der Waals surface area contributed by atoms with Crippen molar-refractivity contribution in [1.29, 1.82) is 0 Å². The van der Waals surface area contributed by atoms with Crippen LogP contribution >= 0.6 is 0 Å². The van der Waals surface area contributed by atoms with E-state index < -0.39 is 67.3 Å². The number of carbonyl (C=O) groups is 4. The van der Waals surface area contributed by atoms with Crippen LogP contribution in [0.15, 0.2) is 60.8 Å². The molecule has 1 rings (SSSR count). The number of carbonyl (C=O) groups excluding carboxylic acids is 3. The van der Waals surface area contributed by atoms with Gasteiger partial charge in [0.05, 0.1) is 6.61 Å². The Morgan fingerprint density at radius 3 is 1.09 bits per heavy atom. The maximum Gasteiger partial charge on any atom is 0.335 e. The van der Waals surface area contributed by atoms with Gasteiger partial charge in [-0.15, -0.1) is 0 Å². The van der Waals surface area contributed by atoms with Crippen molar-refractivity contribution in [2.45, 2.75) is 366 Å². The van der Waals surface area contributed by atoms with Gasteiger partial charge in [0.1, 0.15) is 18.8 Å². The molecule has 1 fully saturated rings. The number of esters is 3. The molecule has 12 nitrogen and oxygen atoms in total. The Balaban J connectivity index is 2.64. The van der Waals surface area contributed by atoms with Gasteiger partial charge in [-0.3, -0.25) is 14.4 Å². The number of aliphatic hydroxyl groups is 2. The summed E-state index contributed by atoms with van der Waals surface area (Å²) >= 11 is 0. The van der Waals surface area contributed by atoms with E-state index in [4.69, 9.17) is 23.7 Å².